The Morgan fingerprint density at radius 2 is 1.86 bits per heavy atom. The van der Waals surface area contributed by atoms with Crippen LogP contribution in [-0.2, 0) is 4.79 Å². The minimum atomic E-state index is 0.149. The number of nitrogen functional groups attached to an aromatic ring is 1. The van der Waals surface area contributed by atoms with E-state index < -0.39 is 0 Å². The number of hydrogen-bond acceptors (Lipinski definition) is 5. The van der Waals surface area contributed by atoms with Crippen LogP contribution in [0.25, 0.3) is 11.1 Å². The minimum Gasteiger partial charge on any atom is -0.368 e. The van der Waals surface area contributed by atoms with Gasteiger partial charge in [-0.25, -0.2) is 9.97 Å². The lowest BCUT2D eigenvalue weighted by molar-refractivity contribution is -0.138. The van der Waals surface area contributed by atoms with Gasteiger partial charge in [-0.3, -0.25) is 4.79 Å². The number of carbonyl (C=O) groups is 1. The van der Waals surface area contributed by atoms with Gasteiger partial charge >= 0.3 is 0 Å². The van der Waals surface area contributed by atoms with Gasteiger partial charge in [0, 0.05) is 41.7 Å². The number of carbonyl (C=O) groups excluding carboxylic acids is 1. The summed E-state index contributed by atoms with van der Waals surface area (Å²) in [6.45, 7) is 3.52. The monoisotopic (exact) mass is 413 g/mol. The maximum Gasteiger partial charge on any atom is 0.225 e. The number of likely N-dealkylation sites (tertiary alicyclic amines) is 2. The van der Waals surface area contributed by atoms with E-state index in [4.69, 9.17) is 17.3 Å². The molecule has 2 fully saturated rings. The molecule has 1 aromatic carbocycles. The summed E-state index contributed by atoms with van der Waals surface area (Å²) in [4.78, 5) is 26.3. The molecule has 7 heteroatoms. The first kappa shape index (κ1) is 20.1. The van der Waals surface area contributed by atoms with Gasteiger partial charge < -0.3 is 15.5 Å². The van der Waals surface area contributed by atoms with E-state index in [0.717, 1.165) is 62.1 Å². The first-order chi connectivity index (χ1) is 14.0. The number of rotatable bonds is 3. The van der Waals surface area contributed by atoms with Crippen molar-refractivity contribution in [3.05, 3.63) is 41.2 Å². The highest BCUT2D eigenvalue weighted by molar-refractivity contribution is 6.30. The predicted octanol–water partition coefficient (Wildman–Crippen LogP) is 3.43. The van der Waals surface area contributed by atoms with Crippen LogP contribution in [0, 0.1) is 5.92 Å². The van der Waals surface area contributed by atoms with Crippen molar-refractivity contribution in [3.63, 3.8) is 0 Å². The highest BCUT2D eigenvalue weighted by atomic mass is 35.5. The average Bonchev–Trinajstić information content (AvgIpc) is 2.74. The zero-order chi connectivity index (χ0) is 20.4. The molecule has 154 valence electrons. The van der Waals surface area contributed by atoms with Crippen molar-refractivity contribution in [2.75, 3.05) is 39.0 Å². The molecule has 4 rings (SSSR count). The van der Waals surface area contributed by atoms with E-state index in [1.54, 1.807) is 6.20 Å². The SMILES string of the molecule is CN1CCC(C(=O)N2CCCC(c3nc(N)ncc3-c3ccc(Cl)cc3)C2)CC1. The summed E-state index contributed by atoms with van der Waals surface area (Å²) in [5.74, 6) is 0.889. The Hall–Kier alpha value is -2.18. The molecule has 0 radical (unpaired) electrons. The second kappa shape index (κ2) is 8.67. The average molecular weight is 414 g/mol. The number of halogens is 1. The summed E-state index contributed by atoms with van der Waals surface area (Å²) in [6.07, 6.45) is 5.67. The van der Waals surface area contributed by atoms with Crippen molar-refractivity contribution in [3.8, 4) is 11.1 Å². The minimum absolute atomic E-state index is 0.149. The first-order valence-electron chi connectivity index (χ1n) is 10.4. The predicted molar refractivity (Wildman–Crippen MR) is 116 cm³/mol. The topological polar surface area (TPSA) is 75.4 Å². The molecule has 0 spiro atoms. The van der Waals surface area contributed by atoms with E-state index in [0.29, 0.717) is 17.5 Å². The zero-order valence-corrected chi connectivity index (χ0v) is 17.6. The molecule has 2 N–H and O–H groups in total. The Kier molecular flexibility index (Phi) is 6.01. The van der Waals surface area contributed by atoms with Crippen LogP contribution in [-0.4, -0.2) is 58.9 Å². The number of benzene rings is 1. The highest BCUT2D eigenvalue weighted by Gasteiger charge is 2.32. The Balaban J connectivity index is 1.56. The maximum atomic E-state index is 13.1. The molecule has 2 aliphatic heterocycles. The summed E-state index contributed by atoms with van der Waals surface area (Å²) in [5, 5.41) is 0.694. The lowest BCUT2D eigenvalue weighted by atomic mass is 9.88. The smallest absolute Gasteiger partial charge is 0.225 e. The molecule has 1 aromatic heterocycles. The molecule has 0 saturated carbocycles. The fraction of sp³-hybridized carbons (Fsp3) is 0.500. The number of nitrogens with two attached hydrogens (primary N) is 1. The van der Waals surface area contributed by atoms with Gasteiger partial charge in [0.15, 0.2) is 0 Å². The van der Waals surface area contributed by atoms with Crippen molar-refractivity contribution < 1.29 is 4.79 Å². The molecule has 2 saturated heterocycles. The van der Waals surface area contributed by atoms with E-state index in [-0.39, 0.29) is 17.8 Å². The van der Waals surface area contributed by atoms with E-state index in [2.05, 4.69) is 21.9 Å². The third kappa shape index (κ3) is 4.54. The van der Waals surface area contributed by atoms with Crippen LogP contribution in [0.15, 0.2) is 30.5 Å². The zero-order valence-electron chi connectivity index (χ0n) is 16.9. The summed E-state index contributed by atoms with van der Waals surface area (Å²) in [7, 11) is 2.12. The molecule has 0 bridgehead atoms. The van der Waals surface area contributed by atoms with Gasteiger partial charge in [0.25, 0.3) is 0 Å². The molecule has 1 unspecified atom stereocenters. The number of nitrogens with zero attached hydrogens (tertiary/aromatic N) is 4. The van der Waals surface area contributed by atoms with Crippen molar-refractivity contribution in [2.45, 2.75) is 31.6 Å². The fourth-order valence-corrected chi connectivity index (χ4v) is 4.61. The van der Waals surface area contributed by atoms with Crippen LogP contribution < -0.4 is 5.73 Å². The van der Waals surface area contributed by atoms with E-state index in [1.807, 2.05) is 29.2 Å². The van der Waals surface area contributed by atoms with Gasteiger partial charge in [-0.2, -0.15) is 0 Å². The lowest BCUT2D eigenvalue weighted by Gasteiger charge is -2.37. The number of aromatic nitrogens is 2. The Morgan fingerprint density at radius 3 is 2.59 bits per heavy atom. The van der Waals surface area contributed by atoms with Gasteiger partial charge in [0.1, 0.15) is 0 Å². The molecule has 2 aliphatic rings. The Labute approximate surface area is 177 Å². The highest BCUT2D eigenvalue weighted by Crippen LogP contribution is 2.34. The maximum absolute atomic E-state index is 13.1. The largest absolute Gasteiger partial charge is 0.368 e. The molecule has 0 aliphatic carbocycles. The van der Waals surface area contributed by atoms with Crippen molar-refractivity contribution >= 4 is 23.5 Å². The fourth-order valence-electron chi connectivity index (χ4n) is 4.49. The van der Waals surface area contributed by atoms with Gasteiger partial charge in [-0.15, -0.1) is 0 Å². The van der Waals surface area contributed by atoms with Crippen LogP contribution in [0.1, 0.15) is 37.3 Å². The summed E-state index contributed by atoms with van der Waals surface area (Å²) < 4.78 is 0. The first-order valence-corrected chi connectivity index (χ1v) is 10.7. The van der Waals surface area contributed by atoms with E-state index in [9.17, 15) is 4.79 Å². The van der Waals surface area contributed by atoms with Crippen LogP contribution in [0.4, 0.5) is 5.95 Å². The molecular weight excluding hydrogens is 386 g/mol. The van der Waals surface area contributed by atoms with Gasteiger partial charge in [-0.05, 0) is 63.5 Å². The van der Waals surface area contributed by atoms with Crippen LogP contribution in [0.2, 0.25) is 5.02 Å². The van der Waals surface area contributed by atoms with Crippen molar-refractivity contribution in [2.24, 2.45) is 5.92 Å². The normalized spacial score (nSPS) is 21.3. The molecule has 2 aromatic rings. The van der Waals surface area contributed by atoms with Gasteiger partial charge in [0.2, 0.25) is 11.9 Å². The standard InChI is InChI=1S/C22H28ClN5O/c1-27-11-8-16(9-12-27)21(29)28-10-2-3-17(14-28)20-19(13-25-22(24)26-20)15-4-6-18(23)7-5-15/h4-7,13,16-17H,2-3,8-12,14H2,1H3,(H2,24,25,26). The van der Waals surface area contributed by atoms with Crippen LogP contribution >= 0.6 is 11.6 Å². The molecule has 29 heavy (non-hydrogen) atoms. The molecule has 6 nitrogen and oxygen atoms in total. The summed E-state index contributed by atoms with van der Waals surface area (Å²) in [5.41, 5.74) is 8.85. The number of amides is 1. The second-order valence-electron chi connectivity index (χ2n) is 8.23. The Morgan fingerprint density at radius 1 is 1.14 bits per heavy atom. The van der Waals surface area contributed by atoms with Gasteiger partial charge in [-0.1, -0.05) is 23.7 Å². The van der Waals surface area contributed by atoms with Crippen molar-refractivity contribution in [1.29, 1.82) is 0 Å². The van der Waals surface area contributed by atoms with E-state index in [1.165, 1.54) is 0 Å². The molecule has 1 atom stereocenters. The molecular formula is C22H28ClN5O. The van der Waals surface area contributed by atoms with Gasteiger partial charge in [0.05, 0.1) is 5.69 Å². The molecule has 3 heterocycles. The lowest BCUT2D eigenvalue weighted by Crippen LogP contribution is -2.45. The summed E-state index contributed by atoms with van der Waals surface area (Å²) in [6, 6.07) is 7.69. The third-order valence-corrected chi connectivity index (χ3v) is 6.43. The van der Waals surface area contributed by atoms with Crippen molar-refractivity contribution in [1.82, 2.24) is 19.8 Å². The van der Waals surface area contributed by atoms with Crippen LogP contribution in [0.5, 0.6) is 0 Å². The van der Waals surface area contributed by atoms with Crippen LogP contribution in [0.3, 0.4) is 0 Å². The Bertz CT molecular complexity index is 864. The van der Waals surface area contributed by atoms with E-state index >= 15 is 0 Å². The summed E-state index contributed by atoms with van der Waals surface area (Å²) >= 11 is 6.05. The number of piperidine rings is 2. The molecule has 1 amide bonds. The second-order valence-corrected chi connectivity index (χ2v) is 8.67. The number of anilines is 1. The quantitative estimate of drug-likeness (QED) is 0.834. The number of hydrogen-bond donors (Lipinski definition) is 1. The third-order valence-electron chi connectivity index (χ3n) is 6.18.